The molecule has 0 amide bonds. The number of H-pyrrole nitrogens is 1. The van der Waals surface area contributed by atoms with Gasteiger partial charge in [-0.1, -0.05) is 25.1 Å². The number of carboxylic acids is 1. The molecule has 4 aromatic rings. The molecule has 8 nitrogen and oxygen atoms in total. The maximum atomic E-state index is 12.8. The lowest BCUT2D eigenvalue weighted by Gasteiger charge is -2.17. The van der Waals surface area contributed by atoms with Crippen molar-refractivity contribution in [1.82, 2.24) is 19.7 Å². The zero-order valence-corrected chi connectivity index (χ0v) is 17.0. The number of aromatic nitrogens is 4. The minimum atomic E-state index is -1.23. The second kappa shape index (κ2) is 6.88. The lowest BCUT2D eigenvalue weighted by Crippen LogP contribution is -2.28. The van der Waals surface area contributed by atoms with Gasteiger partial charge in [-0.2, -0.15) is 5.10 Å². The van der Waals surface area contributed by atoms with Gasteiger partial charge in [-0.3, -0.25) is 9.59 Å². The zero-order valence-electron chi connectivity index (χ0n) is 16.1. The third-order valence-electron chi connectivity index (χ3n) is 5.58. The highest BCUT2D eigenvalue weighted by atomic mass is 32.1. The Balaban J connectivity index is 1.64. The van der Waals surface area contributed by atoms with Gasteiger partial charge in [0.15, 0.2) is 5.69 Å². The van der Waals surface area contributed by atoms with E-state index in [0.29, 0.717) is 16.1 Å². The molecule has 1 atom stereocenters. The topological polar surface area (TPSA) is 118 Å². The first kappa shape index (κ1) is 18.7. The van der Waals surface area contributed by atoms with E-state index in [1.54, 1.807) is 24.3 Å². The molecule has 0 aliphatic heterocycles. The number of thiophene rings is 1. The third kappa shape index (κ3) is 2.93. The number of aryl methyl sites for hydroxylation is 1. The van der Waals surface area contributed by atoms with Crippen LogP contribution in [0.25, 0.3) is 21.0 Å². The SMILES string of the molecule is C[C@@H]1CCc2c(sc3nc(Cn4nc(C(=O)O)c5ccccc5c4=O)[nH]c(=O)c23)C1. The summed E-state index contributed by atoms with van der Waals surface area (Å²) in [4.78, 5) is 46.5. The third-order valence-corrected chi connectivity index (χ3v) is 6.73. The molecule has 9 heteroatoms. The fraction of sp³-hybridized carbons (Fsp3) is 0.286. The molecule has 0 radical (unpaired) electrons. The smallest absolute Gasteiger partial charge is 0.357 e. The van der Waals surface area contributed by atoms with Gasteiger partial charge in [0.2, 0.25) is 0 Å². The number of aromatic carboxylic acids is 1. The monoisotopic (exact) mass is 422 g/mol. The molecule has 3 heterocycles. The molecule has 0 saturated heterocycles. The van der Waals surface area contributed by atoms with Crippen LogP contribution in [-0.4, -0.2) is 30.8 Å². The number of carbonyl (C=O) groups is 1. The summed E-state index contributed by atoms with van der Waals surface area (Å²) in [5.74, 6) is -0.365. The van der Waals surface area contributed by atoms with E-state index in [9.17, 15) is 19.5 Å². The van der Waals surface area contributed by atoms with Gasteiger partial charge in [-0.05, 0) is 36.8 Å². The number of carboxylic acid groups (broad SMARTS) is 1. The maximum absolute atomic E-state index is 12.8. The van der Waals surface area contributed by atoms with Crippen molar-refractivity contribution in [2.75, 3.05) is 0 Å². The summed E-state index contributed by atoms with van der Waals surface area (Å²) < 4.78 is 1.05. The van der Waals surface area contributed by atoms with Crippen LogP contribution in [0.15, 0.2) is 33.9 Å². The van der Waals surface area contributed by atoms with Crippen molar-refractivity contribution in [1.29, 1.82) is 0 Å². The summed E-state index contributed by atoms with van der Waals surface area (Å²) in [6, 6.07) is 6.45. The quantitative estimate of drug-likeness (QED) is 0.524. The van der Waals surface area contributed by atoms with Crippen LogP contribution in [0.5, 0.6) is 0 Å². The molecule has 0 saturated carbocycles. The van der Waals surface area contributed by atoms with Crippen LogP contribution in [0.2, 0.25) is 0 Å². The zero-order chi connectivity index (χ0) is 21.0. The van der Waals surface area contributed by atoms with Crippen LogP contribution in [0.4, 0.5) is 0 Å². The van der Waals surface area contributed by atoms with Crippen LogP contribution < -0.4 is 11.1 Å². The van der Waals surface area contributed by atoms with Crippen LogP contribution in [0.1, 0.15) is 40.1 Å². The Kier molecular flexibility index (Phi) is 4.28. The minimum Gasteiger partial charge on any atom is -0.476 e. The Morgan fingerprint density at radius 3 is 2.83 bits per heavy atom. The van der Waals surface area contributed by atoms with Crippen molar-refractivity contribution >= 4 is 38.3 Å². The van der Waals surface area contributed by atoms with Crippen molar-refractivity contribution < 1.29 is 9.90 Å². The Morgan fingerprint density at radius 1 is 1.30 bits per heavy atom. The fourth-order valence-electron chi connectivity index (χ4n) is 4.11. The number of rotatable bonds is 3. The molecule has 5 rings (SSSR count). The second-order valence-electron chi connectivity index (χ2n) is 7.71. The van der Waals surface area contributed by atoms with E-state index in [0.717, 1.165) is 29.5 Å². The van der Waals surface area contributed by atoms with Crippen LogP contribution in [0.3, 0.4) is 0 Å². The van der Waals surface area contributed by atoms with Gasteiger partial charge in [-0.25, -0.2) is 14.5 Å². The highest BCUT2D eigenvalue weighted by Crippen LogP contribution is 2.35. The molecule has 0 unspecified atom stereocenters. The lowest BCUT2D eigenvalue weighted by atomic mass is 9.89. The van der Waals surface area contributed by atoms with Crippen LogP contribution in [0, 0.1) is 5.92 Å². The number of hydrogen-bond acceptors (Lipinski definition) is 6. The normalized spacial score (nSPS) is 16.1. The molecule has 0 bridgehead atoms. The first-order valence-electron chi connectivity index (χ1n) is 9.69. The maximum Gasteiger partial charge on any atom is 0.357 e. The molecule has 0 fully saturated rings. The largest absolute Gasteiger partial charge is 0.476 e. The second-order valence-corrected chi connectivity index (χ2v) is 8.79. The van der Waals surface area contributed by atoms with E-state index in [2.05, 4.69) is 22.0 Å². The highest BCUT2D eigenvalue weighted by molar-refractivity contribution is 7.18. The summed E-state index contributed by atoms with van der Waals surface area (Å²) in [7, 11) is 0. The van der Waals surface area contributed by atoms with Crippen molar-refractivity contribution in [2.24, 2.45) is 5.92 Å². The predicted octanol–water partition coefficient (Wildman–Crippen LogP) is 2.57. The molecule has 0 spiro atoms. The van der Waals surface area contributed by atoms with Crippen molar-refractivity contribution in [3.63, 3.8) is 0 Å². The summed E-state index contributed by atoms with van der Waals surface area (Å²) in [5, 5.41) is 14.7. The molecule has 1 aromatic carbocycles. The molecule has 3 aromatic heterocycles. The van der Waals surface area contributed by atoms with Gasteiger partial charge < -0.3 is 10.1 Å². The molecule has 152 valence electrons. The first-order valence-corrected chi connectivity index (χ1v) is 10.5. The summed E-state index contributed by atoms with van der Waals surface area (Å²) >= 11 is 1.52. The van der Waals surface area contributed by atoms with E-state index in [1.807, 2.05) is 0 Å². The fourth-order valence-corrected chi connectivity index (χ4v) is 5.51. The molecule has 1 aliphatic rings. The van der Waals surface area contributed by atoms with E-state index < -0.39 is 11.5 Å². The highest BCUT2D eigenvalue weighted by Gasteiger charge is 2.23. The average Bonchev–Trinajstić information content (AvgIpc) is 3.07. The number of nitrogens with one attached hydrogen (secondary N) is 1. The minimum absolute atomic E-state index is 0.117. The van der Waals surface area contributed by atoms with E-state index in [-0.39, 0.29) is 34.4 Å². The Labute approximate surface area is 173 Å². The van der Waals surface area contributed by atoms with Gasteiger partial charge in [0.05, 0.1) is 10.8 Å². The summed E-state index contributed by atoms with van der Waals surface area (Å²) in [5.41, 5.74) is 0.212. The molecule has 2 N–H and O–H groups in total. The molecule has 30 heavy (non-hydrogen) atoms. The lowest BCUT2D eigenvalue weighted by molar-refractivity contribution is 0.0690. The van der Waals surface area contributed by atoms with Crippen LogP contribution >= 0.6 is 11.3 Å². The van der Waals surface area contributed by atoms with Gasteiger partial charge >= 0.3 is 5.97 Å². The number of nitrogens with zero attached hydrogens (tertiary/aromatic N) is 3. The van der Waals surface area contributed by atoms with Gasteiger partial charge in [0.25, 0.3) is 11.1 Å². The van der Waals surface area contributed by atoms with Gasteiger partial charge in [0, 0.05) is 10.3 Å². The number of hydrogen-bond donors (Lipinski definition) is 2. The van der Waals surface area contributed by atoms with Crippen molar-refractivity contribution in [3.8, 4) is 0 Å². The van der Waals surface area contributed by atoms with Gasteiger partial charge in [-0.15, -0.1) is 11.3 Å². The number of benzene rings is 1. The van der Waals surface area contributed by atoms with E-state index in [1.165, 1.54) is 16.2 Å². The number of aromatic amines is 1. The summed E-state index contributed by atoms with van der Waals surface area (Å²) in [6.07, 6.45) is 2.86. The molecular weight excluding hydrogens is 404 g/mol. The Morgan fingerprint density at radius 2 is 2.07 bits per heavy atom. The Hall–Kier alpha value is -3.33. The average molecular weight is 422 g/mol. The number of fused-ring (bicyclic) bond motifs is 4. The van der Waals surface area contributed by atoms with Crippen molar-refractivity contribution in [3.05, 3.63) is 66.9 Å². The Bertz CT molecular complexity index is 1450. The summed E-state index contributed by atoms with van der Waals surface area (Å²) in [6.45, 7) is 2.09. The first-order chi connectivity index (χ1) is 14.4. The molecule has 1 aliphatic carbocycles. The van der Waals surface area contributed by atoms with E-state index >= 15 is 0 Å². The van der Waals surface area contributed by atoms with Gasteiger partial charge in [0.1, 0.15) is 17.2 Å². The standard InChI is InChI=1S/C21H18N4O4S/c1-10-6-7-13-14(8-10)30-19-16(13)18(26)22-15(23-19)9-25-20(27)12-5-3-2-4-11(12)17(24-25)21(28)29/h2-5,10H,6-9H2,1H3,(H,28,29)(H,22,23,26)/t10-/m1/s1. The predicted molar refractivity (Wildman–Crippen MR) is 113 cm³/mol. The van der Waals surface area contributed by atoms with Crippen molar-refractivity contribution in [2.45, 2.75) is 32.7 Å². The van der Waals surface area contributed by atoms with E-state index in [4.69, 9.17) is 0 Å². The van der Waals surface area contributed by atoms with Crippen LogP contribution in [-0.2, 0) is 19.4 Å². The molecular formula is C21H18N4O4S.